The molecule has 0 fully saturated rings. The van der Waals surface area contributed by atoms with Gasteiger partial charge in [-0.2, -0.15) is 0 Å². The molecule has 0 unspecified atom stereocenters. The van der Waals surface area contributed by atoms with Gasteiger partial charge in [-0.05, 0) is 25.1 Å². The van der Waals surface area contributed by atoms with Gasteiger partial charge in [0.2, 0.25) is 0 Å². The smallest absolute Gasteiger partial charge is 0.476 e. The van der Waals surface area contributed by atoms with Crippen molar-refractivity contribution < 1.29 is 37.3 Å². The van der Waals surface area contributed by atoms with E-state index in [-0.39, 0.29) is 34.6 Å². The summed E-state index contributed by atoms with van der Waals surface area (Å²) in [5, 5.41) is 12.0. The van der Waals surface area contributed by atoms with Gasteiger partial charge in [-0.15, -0.1) is 13.2 Å². The molecular weight excluding hydrogens is 409 g/mol. The second-order valence-corrected chi connectivity index (χ2v) is 5.68. The average molecular weight is 422 g/mol. The molecule has 0 saturated heterocycles. The zero-order valence-electron chi connectivity index (χ0n) is 15.2. The fraction of sp³-hybridized carbons (Fsp3) is 0.167. The topological polar surface area (TPSA) is 124 Å². The molecule has 0 bridgehead atoms. The molecule has 9 nitrogen and oxygen atoms in total. The van der Waals surface area contributed by atoms with Crippen LogP contribution in [0.2, 0.25) is 0 Å². The Labute approximate surface area is 166 Å². The Balaban J connectivity index is 2.21. The van der Waals surface area contributed by atoms with Crippen molar-refractivity contribution in [1.29, 1.82) is 0 Å². The minimum absolute atomic E-state index is 0.0268. The van der Waals surface area contributed by atoms with E-state index in [2.05, 4.69) is 25.0 Å². The van der Waals surface area contributed by atoms with E-state index < -0.39 is 29.7 Å². The van der Waals surface area contributed by atoms with Gasteiger partial charge in [0.05, 0.1) is 17.8 Å². The fourth-order valence-electron chi connectivity index (χ4n) is 2.57. The summed E-state index contributed by atoms with van der Waals surface area (Å²) in [6.07, 6.45) is -1.42. The summed E-state index contributed by atoms with van der Waals surface area (Å²) in [5.74, 6) is -3.01. The number of hydrogen-bond donors (Lipinski definition) is 2. The van der Waals surface area contributed by atoms with Crippen LogP contribution in [0.5, 0.6) is 5.75 Å². The molecule has 12 heteroatoms. The molecule has 3 aromatic rings. The number of halogens is 3. The Morgan fingerprint density at radius 3 is 2.57 bits per heavy atom. The van der Waals surface area contributed by atoms with Crippen LogP contribution in [0, 0.1) is 0 Å². The lowest BCUT2D eigenvalue weighted by Gasteiger charge is -2.15. The SMILES string of the molecule is CCOC(=O)c1cnc2ccc(OC(F)(F)F)cc2c1Nc1nccnc1C(=O)O. The number of aromatic carboxylic acids is 1. The minimum Gasteiger partial charge on any atom is -0.476 e. The number of esters is 1. The van der Waals surface area contributed by atoms with Crippen molar-refractivity contribution >= 4 is 34.3 Å². The van der Waals surface area contributed by atoms with Crippen LogP contribution in [-0.2, 0) is 4.74 Å². The Kier molecular flexibility index (Phi) is 5.67. The number of nitrogens with one attached hydrogen (secondary N) is 1. The molecule has 0 atom stereocenters. The third-order valence-corrected chi connectivity index (χ3v) is 3.71. The van der Waals surface area contributed by atoms with Crippen molar-refractivity contribution in [2.45, 2.75) is 13.3 Å². The molecule has 0 radical (unpaired) electrons. The number of aromatic nitrogens is 3. The molecule has 0 aliphatic carbocycles. The number of rotatable bonds is 6. The highest BCUT2D eigenvalue weighted by Gasteiger charge is 2.31. The summed E-state index contributed by atoms with van der Waals surface area (Å²) in [7, 11) is 0. The largest absolute Gasteiger partial charge is 0.573 e. The summed E-state index contributed by atoms with van der Waals surface area (Å²) >= 11 is 0. The predicted octanol–water partition coefficient (Wildman–Crippen LogP) is 3.54. The maximum absolute atomic E-state index is 12.6. The number of hydrogen-bond acceptors (Lipinski definition) is 8. The van der Waals surface area contributed by atoms with E-state index in [4.69, 9.17) is 4.74 Å². The molecule has 0 aliphatic heterocycles. The second-order valence-electron chi connectivity index (χ2n) is 5.68. The maximum atomic E-state index is 12.6. The van der Waals surface area contributed by atoms with Crippen LogP contribution < -0.4 is 10.1 Å². The van der Waals surface area contributed by atoms with Gasteiger partial charge in [0.15, 0.2) is 11.5 Å². The van der Waals surface area contributed by atoms with Gasteiger partial charge in [-0.3, -0.25) is 4.98 Å². The van der Waals surface area contributed by atoms with Crippen molar-refractivity contribution in [2.75, 3.05) is 11.9 Å². The summed E-state index contributed by atoms with van der Waals surface area (Å²) in [6, 6.07) is 3.32. The van der Waals surface area contributed by atoms with Crippen LogP contribution in [0.3, 0.4) is 0 Å². The van der Waals surface area contributed by atoms with E-state index >= 15 is 0 Å². The highest BCUT2D eigenvalue weighted by molar-refractivity contribution is 6.07. The van der Waals surface area contributed by atoms with Crippen molar-refractivity contribution in [1.82, 2.24) is 15.0 Å². The normalized spacial score (nSPS) is 11.2. The van der Waals surface area contributed by atoms with E-state index in [0.29, 0.717) is 0 Å². The number of carboxylic acid groups (broad SMARTS) is 1. The molecular formula is C18H13F3N4O5. The van der Waals surface area contributed by atoms with Crippen LogP contribution in [0.15, 0.2) is 36.8 Å². The number of benzene rings is 1. The van der Waals surface area contributed by atoms with Crippen molar-refractivity contribution in [3.05, 3.63) is 48.0 Å². The lowest BCUT2D eigenvalue weighted by Crippen LogP contribution is -2.17. The Bertz CT molecular complexity index is 1120. The lowest BCUT2D eigenvalue weighted by molar-refractivity contribution is -0.274. The number of carboxylic acids is 1. The summed E-state index contributed by atoms with van der Waals surface area (Å²) < 4.78 is 46.8. The number of fused-ring (bicyclic) bond motifs is 1. The van der Waals surface area contributed by atoms with Crippen LogP contribution >= 0.6 is 0 Å². The molecule has 0 spiro atoms. The van der Waals surface area contributed by atoms with E-state index in [1.54, 1.807) is 6.92 Å². The van der Waals surface area contributed by atoms with Gasteiger partial charge in [-0.1, -0.05) is 0 Å². The van der Waals surface area contributed by atoms with Crippen LogP contribution in [0.25, 0.3) is 10.9 Å². The van der Waals surface area contributed by atoms with Crippen molar-refractivity contribution in [3.63, 3.8) is 0 Å². The number of nitrogens with zero attached hydrogens (tertiary/aromatic N) is 3. The number of carbonyl (C=O) groups excluding carboxylic acids is 1. The molecule has 156 valence electrons. The Morgan fingerprint density at radius 1 is 1.17 bits per heavy atom. The molecule has 2 heterocycles. The lowest BCUT2D eigenvalue weighted by atomic mass is 10.1. The van der Waals surface area contributed by atoms with Gasteiger partial charge in [0.1, 0.15) is 11.3 Å². The van der Waals surface area contributed by atoms with Crippen molar-refractivity contribution in [3.8, 4) is 5.75 Å². The van der Waals surface area contributed by atoms with Gasteiger partial charge in [-0.25, -0.2) is 19.6 Å². The highest BCUT2D eigenvalue weighted by atomic mass is 19.4. The van der Waals surface area contributed by atoms with Gasteiger partial charge in [0, 0.05) is 24.0 Å². The average Bonchev–Trinajstić information content (AvgIpc) is 2.67. The first kappa shape index (κ1) is 20.8. The summed E-state index contributed by atoms with van der Waals surface area (Å²) in [4.78, 5) is 35.4. The number of pyridine rings is 1. The quantitative estimate of drug-likeness (QED) is 0.574. The van der Waals surface area contributed by atoms with E-state index in [9.17, 15) is 27.9 Å². The fourth-order valence-corrected chi connectivity index (χ4v) is 2.57. The first-order valence-electron chi connectivity index (χ1n) is 8.36. The maximum Gasteiger partial charge on any atom is 0.573 e. The second kappa shape index (κ2) is 8.19. The number of ether oxygens (including phenoxy) is 2. The molecule has 1 aromatic carbocycles. The van der Waals surface area contributed by atoms with Crippen LogP contribution in [0.1, 0.15) is 27.8 Å². The van der Waals surface area contributed by atoms with Crippen molar-refractivity contribution in [2.24, 2.45) is 0 Å². The van der Waals surface area contributed by atoms with Gasteiger partial charge >= 0.3 is 18.3 Å². The van der Waals surface area contributed by atoms with Crippen LogP contribution in [-0.4, -0.2) is 45.0 Å². The zero-order chi connectivity index (χ0) is 21.9. The Morgan fingerprint density at radius 2 is 1.90 bits per heavy atom. The van der Waals surface area contributed by atoms with Gasteiger partial charge < -0.3 is 19.9 Å². The summed E-state index contributed by atoms with van der Waals surface area (Å²) in [6.45, 7) is 1.60. The van der Waals surface area contributed by atoms with E-state index in [1.807, 2.05) is 0 Å². The molecule has 0 amide bonds. The first-order valence-corrected chi connectivity index (χ1v) is 8.36. The molecule has 0 aliphatic rings. The minimum atomic E-state index is -4.94. The third-order valence-electron chi connectivity index (χ3n) is 3.71. The highest BCUT2D eigenvalue weighted by Crippen LogP contribution is 2.33. The summed E-state index contributed by atoms with van der Waals surface area (Å²) in [5.41, 5.74) is -0.453. The van der Waals surface area contributed by atoms with E-state index in [0.717, 1.165) is 24.5 Å². The van der Waals surface area contributed by atoms with E-state index in [1.165, 1.54) is 12.3 Å². The van der Waals surface area contributed by atoms with Gasteiger partial charge in [0.25, 0.3) is 0 Å². The molecule has 0 saturated carbocycles. The molecule has 30 heavy (non-hydrogen) atoms. The molecule has 2 aromatic heterocycles. The standard InChI is InChI=1S/C18H13F3N4O5/c1-2-29-17(28)11-8-24-12-4-3-9(30-18(19,20)21)7-10(12)13(11)25-15-14(16(26)27)22-5-6-23-15/h3-8H,2H2,1H3,(H,26,27)(H,23,24,25). The third kappa shape index (κ3) is 4.54. The first-order chi connectivity index (χ1) is 14.2. The molecule has 2 N–H and O–H groups in total. The number of anilines is 2. The predicted molar refractivity (Wildman–Crippen MR) is 96.7 cm³/mol. The number of carbonyl (C=O) groups is 2. The monoisotopic (exact) mass is 422 g/mol. The van der Waals surface area contributed by atoms with Crippen LogP contribution in [0.4, 0.5) is 24.7 Å². The Hall–Kier alpha value is -3.96. The molecule has 3 rings (SSSR count). The zero-order valence-corrected chi connectivity index (χ0v) is 15.2. The number of alkyl halides is 3.